The Morgan fingerprint density at radius 1 is 1.29 bits per heavy atom. The molecule has 1 heterocycles. The van der Waals surface area contributed by atoms with Crippen LogP contribution in [0.4, 0.5) is 0 Å². The van der Waals surface area contributed by atoms with E-state index in [0.717, 1.165) is 25.6 Å². The molecule has 0 amide bonds. The first-order chi connectivity index (χ1) is 10.3. The second-order valence-electron chi connectivity index (χ2n) is 6.32. The molecule has 3 rings (SSSR count). The van der Waals surface area contributed by atoms with E-state index in [1.54, 1.807) is 0 Å². The first kappa shape index (κ1) is 14.6. The van der Waals surface area contributed by atoms with Crippen molar-refractivity contribution in [2.75, 3.05) is 6.54 Å². The maximum atomic E-state index is 4.86. The maximum Gasteiger partial charge on any atom is 0.0706 e. The monoisotopic (exact) mass is 285 g/mol. The van der Waals surface area contributed by atoms with Gasteiger partial charge in [0.05, 0.1) is 11.2 Å². The molecule has 0 spiro atoms. The summed E-state index contributed by atoms with van der Waals surface area (Å²) in [4.78, 5) is 0. The van der Waals surface area contributed by atoms with Crippen LogP contribution in [0.3, 0.4) is 0 Å². The molecule has 0 saturated heterocycles. The van der Waals surface area contributed by atoms with Gasteiger partial charge in [-0.25, -0.2) is 0 Å². The average Bonchev–Trinajstić information content (AvgIpc) is 3.27. The third-order valence-electron chi connectivity index (χ3n) is 4.49. The number of hydrogen-bond donors (Lipinski definition) is 1. The summed E-state index contributed by atoms with van der Waals surface area (Å²) in [6, 6.07) is 9.45. The zero-order chi connectivity index (χ0) is 14.7. The molecule has 21 heavy (non-hydrogen) atoms. The molecular formula is C18H27N3. The molecule has 1 aromatic carbocycles. The number of aromatic nitrogens is 2. The van der Waals surface area contributed by atoms with Crippen molar-refractivity contribution in [3.05, 3.63) is 30.0 Å². The van der Waals surface area contributed by atoms with Gasteiger partial charge in [0.2, 0.25) is 0 Å². The lowest BCUT2D eigenvalue weighted by molar-refractivity contribution is 0.432. The van der Waals surface area contributed by atoms with Crippen molar-refractivity contribution in [3.8, 4) is 0 Å². The largest absolute Gasteiger partial charge is 0.314 e. The molecule has 1 aromatic heterocycles. The number of para-hydroxylation sites is 1. The Balaban J connectivity index is 1.77. The fraction of sp³-hybridized carbons (Fsp3) is 0.611. The second-order valence-corrected chi connectivity index (χ2v) is 6.32. The van der Waals surface area contributed by atoms with Crippen molar-refractivity contribution in [3.63, 3.8) is 0 Å². The van der Waals surface area contributed by atoms with E-state index in [4.69, 9.17) is 5.10 Å². The standard InChI is InChI=1S/C18H27N3/c1-3-7-14(13-19-15-10-11-15)12-17-16-8-5-6-9-18(16)21(4-2)20-17/h5-6,8-9,14-15,19H,3-4,7,10-13H2,1-2H3. The highest BCUT2D eigenvalue weighted by Gasteiger charge is 2.22. The Morgan fingerprint density at radius 2 is 2.10 bits per heavy atom. The summed E-state index contributed by atoms with van der Waals surface area (Å²) < 4.78 is 2.14. The minimum absolute atomic E-state index is 0.708. The fourth-order valence-electron chi connectivity index (χ4n) is 3.17. The molecule has 1 aliphatic rings. The number of aryl methyl sites for hydroxylation is 1. The molecule has 3 nitrogen and oxygen atoms in total. The molecule has 1 fully saturated rings. The van der Waals surface area contributed by atoms with Gasteiger partial charge < -0.3 is 5.32 Å². The van der Waals surface area contributed by atoms with Crippen molar-refractivity contribution in [1.29, 1.82) is 0 Å². The number of rotatable bonds is 8. The quantitative estimate of drug-likeness (QED) is 0.800. The molecule has 1 aliphatic carbocycles. The summed E-state index contributed by atoms with van der Waals surface area (Å²) in [5, 5.41) is 9.90. The van der Waals surface area contributed by atoms with Gasteiger partial charge in [0, 0.05) is 18.0 Å². The van der Waals surface area contributed by atoms with Gasteiger partial charge in [-0.2, -0.15) is 5.10 Å². The highest BCUT2D eigenvalue weighted by molar-refractivity contribution is 5.81. The number of nitrogens with zero attached hydrogens (tertiary/aromatic N) is 2. The van der Waals surface area contributed by atoms with Gasteiger partial charge in [0.25, 0.3) is 0 Å². The summed E-state index contributed by atoms with van der Waals surface area (Å²) in [5.74, 6) is 0.708. The van der Waals surface area contributed by atoms with Gasteiger partial charge in [-0.3, -0.25) is 4.68 Å². The molecule has 1 N–H and O–H groups in total. The summed E-state index contributed by atoms with van der Waals surface area (Å²) >= 11 is 0. The number of fused-ring (bicyclic) bond motifs is 1. The van der Waals surface area contributed by atoms with Crippen LogP contribution in [0.15, 0.2) is 24.3 Å². The van der Waals surface area contributed by atoms with Crippen LogP contribution in [-0.4, -0.2) is 22.4 Å². The van der Waals surface area contributed by atoms with Crippen molar-refractivity contribution in [2.24, 2.45) is 5.92 Å². The zero-order valence-electron chi connectivity index (χ0n) is 13.3. The van der Waals surface area contributed by atoms with Crippen LogP contribution in [-0.2, 0) is 13.0 Å². The molecule has 1 saturated carbocycles. The lowest BCUT2D eigenvalue weighted by Gasteiger charge is -2.15. The minimum Gasteiger partial charge on any atom is -0.314 e. The molecule has 0 radical (unpaired) electrons. The van der Waals surface area contributed by atoms with Gasteiger partial charge >= 0.3 is 0 Å². The Kier molecular flexibility index (Phi) is 4.59. The van der Waals surface area contributed by atoms with Crippen molar-refractivity contribution in [2.45, 2.75) is 58.5 Å². The van der Waals surface area contributed by atoms with Gasteiger partial charge in [-0.15, -0.1) is 0 Å². The normalized spacial score (nSPS) is 16.5. The summed E-state index contributed by atoms with van der Waals surface area (Å²) in [6.45, 7) is 6.54. The van der Waals surface area contributed by atoms with Gasteiger partial charge in [-0.1, -0.05) is 31.5 Å². The molecule has 2 aromatic rings. The van der Waals surface area contributed by atoms with E-state index in [2.05, 4.69) is 48.1 Å². The summed E-state index contributed by atoms with van der Waals surface area (Å²) in [5.41, 5.74) is 2.56. The predicted octanol–water partition coefficient (Wildman–Crippen LogP) is 3.77. The molecule has 3 heteroatoms. The van der Waals surface area contributed by atoms with Gasteiger partial charge in [0.15, 0.2) is 0 Å². The Bertz CT molecular complexity index is 583. The lowest BCUT2D eigenvalue weighted by atomic mass is 9.96. The first-order valence-electron chi connectivity index (χ1n) is 8.49. The van der Waals surface area contributed by atoms with Crippen LogP contribution in [0.1, 0.15) is 45.2 Å². The van der Waals surface area contributed by atoms with Gasteiger partial charge in [0.1, 0.15) is 0 Å². The molecule has 0 aliphatic heterocycles. The molecule has 1 unspecified atom stereocenters. The summed E-state index contributed by atoms with van der Waals surface area (Å²) in [6.07, 6.45) is 6.37. The third kappa shape index (κ3) is 3.46. The zero-order valence-corrected chi connectivity index (χ0v) is 13.3. The van der Waals surface area contributed by atoms with Crippen LogP contribution in [0.2, 0.25) is 0 Å². The SMILES string of the molecule is CCCC(CNC1CC1)Cc1nn(CC)c2ccccc12. The third-order valence-corrected chi connectivity index (χ3v) is 4.49. The highest BCUT2D eigenvalue weighted by Crippen LogP contribution is 2.24. The van der Waals surface area contributed by atoms with Crippen molar-refractivity contribution < 1.29 is 0 Å². The lowest BCUT2D eigenvalue weighted by Crippen LogP contribution is -2.26. The number of hydrogen-bond acceptors (Lipinski definition) is 2. The van der Waals surface area contributed by atoms with E-state index >= 15 is 0 Å². The van der Waals surface area contributed by atoms with E-state index in [1.807, 2.05) is 0 Å². The van der Waals surface area contributed by atoms with Crippen LogP contribution in [0, 0.1) is 5.92 Å². The minimum atomic E-state index is 0.708. The topological polar surface area (TPSA) is 29.9 Å². The van der Waals surface area contributed by atoms with Crippen LogP contribution >= 0.6 is 0 Å². The Labute approximate surface area is 127 Å². The van der Waals surface area contributed by atoms with E-state index in [9.17, 15) is 0 Å². The molecule has 0 bridgehead atoms. The Morgan fingerprint density at radius 3 is 2.81 bits per heavy atom. The number of benzene rings is 1. The van der Waals surface area contributed by atoms with E-state index < -0.39 is 0 Å². The van der Waals surface area contributed by atoms with Crippen LogP contribution in [0.25, 0.3) is 10.9 Å². The van der Waals surface area contributed by atoms with Gasteiger partial charge in [-0.05, 0) is 51.1 Å². The van der Waals surface area contributed by atoms with Crippen LogP contribution < -0.4 is 5.32 Å². The van der Waals surface area contributed by atoms with Crippen molar-refractivity contribution >= 4 is 10.9 Å². The van der Waals surface area contributed by atoms with Crippen LogP contribution in [0.5, 0.6) is 0 Å². The smallest absolute Gasteiger partial charge is 0.0706 e. The predicted molar refractivity (Wildman–Crippen MR) is 88.5 cm³/mol. The molecule has 114 valence electrons. The average molecular weight is 285 g/mol. The molecular weight excluding hydrogens is 258 g/mol. The number of nitrogens with one attached hydrogen (secondary N) is 1. The van der Waals surface area contributed by atoms with E-state index in [0.29, 0.717) is 5.92 Å². The second kappa shape index (κ2) is 6.61. The van der Waals surface area contributed by atoms with E-state index in [-0.39, 0.29) is 0 Å². The first-order valence-corrected chi connectivity index (χ1v) is 8.49. The maximum absolute atomic E-state index is 4.86. The highest BCUT2D eigenvalue weighted by atomic mass is 15.3. The molecule has 1 atom stereocenters. The van der Waals surface area contributed by atoms with E-state index in [1.165, 1.54) is 42.3 Å². The Hall–Kier alpha value is -1.35. The van der Waals surface area contributed by atoms with Crippen molar-refractivity contribution in [1.82, 2.24) is 15.1 Å². The fourth-order valence-corrected chi connectivity index (χ4v) is 3.17. The summed E-state index contributed by atoms with van der Waals surface area (Å²) in [7, 11) is 0.